The summed E-state index contributed by atoms with van der Waals surface area (Å²) in [5.41, 5.74) is 5.91. The molecular formula is C17H30N2O12. The fourth-order valence-corrected chi connectivity index (χ4v) is 3.46. The minimum Gasteiger partial charge on any atom is -0.479 e. The molecule has 2 aliphatic heterocycles. The molecule has 1 amide bonds. The van der Waals surface area contributed by atoms with Crippen LogP contribution in [0.1, 0.15) is 13.8 Å². The van der Waals surface area contributed by atoms with E-state index < -0.39 is 92.5 Å². The molecule has 0 spiro atoms. The smallest absolute Gasteiger partial charge is 0.332 e. The lowest BCUT2D eigenvalue weighted by Gasteiger charge is -2.48. The third-order valence-electron chi connectivity index (χ3n) is 5.14. The normalized spacial score (nSPS) is 42.1. The number of carbonyl (C=O) groups excluding carboxylic acids is 1. The molecule has 2 fully saturated rings. The summed E-state index contributed by atoms with van der Waals surface area (Å²) in [5, 5.41) is 61.2. The second-order valence-corrected chi connectivity index (χ2v) is 7.44. The van der Waals surface area contributed by atoms with Gasteiger partial charge < -0.3 is 60.6 Å². The van der Waals surface area contributed by atoms with Crippen LogP contribution in [0.2, 0.25) is 0 Å². The summed E-state index contributed by atoms with van der Waals surface area (Å²) < 4.78 is 21.9. The second-order valence-electron chi connectivity index (χ2n) is 7.44. The average molecular weight is 454 g/mol. The number of nitrogens with two attached hydrogens (primary N) is 1. The van der Waals surface area contributed by atoms with E-state index in [9.17, 15) is 35.1 Å². The van der Waals surface area contributed by atoms with Crippen molar-refractivity contribution in [3.63, 3.8) is 0 Å². The third kappa shape index (κ3) is 5.87. The largest absolute Gasteiger partial charge is 0.479 e. The molecule has 0 aromatic carbocycles. The lowest BCUT2D eigenvalue weighted by atomic mass is 9.94. The highest BCUT2D eigenvalue weighted by Gasteiger charge is 2.51. The first-order valence-corrected chi connectivity index (χ1v) is 9.65. The molecule has 2 aliphatic rings. The highest BCUT2D eigenvalue weighted by molar-refractivity contribution is 5.73. The minimum absolute atomic E-state index is 0.589. The topological polar surface area (TPSA) is 230 Å². The Morgan fingerprint density at radius 3 is 2.19 bits per heavy atom. The molecule has 9 N–H and O–H groups in total. The molecule has 0 bridgehead atoms. The number of aliphatic hydroxyl groups is 5. The number of carboxylic acid groups (broad SMARTS) is 1. The van der Waals surface area contributed by atoms with E-state index in [-0.39, 0.29) is 0 Å². The number of aliphatic carboxylic acids is 1. The van der Waals surface area contributed by atoms with Crippen LogP contribution in [0, 0.1) is 0 Å². The van der Waals surface area contributed by atoms with Crippen LogP contribution in [0.4, 0.5) is 0 Å². The van der Waals surface area contributed by atoms with Crippen LogP contribution in [0.25, 0.3) is 0 Å². The van der Waals surface area contributed by atoms with Gasteiger partial charge in [0.25, 0.3) is 0 Å². The zero-order valence-corrected chi connectivity index (χ0v) is 17.0. The standard InChI is InChI=1S/C17H30N2O12/c1-5(15(25)26)28-14-9(18)16(27)29-8(4-21)13(14)31-17-10(19-6(2)22)12(24)11(23)7(3-20)30-17/h5,7-14,16-17,20-21,23-24,27H,3-4,18H2,1-2H3,(H,19,22)(H,25,26)/t5-,7-,8-,9-,10-,11-,12-,13-,14-,16?,17+/m1/s1. The Morgan fingerprint density at radius 1 is 1.06 bits per heavy atom. The number of nitrogens with one attached hydrogen (secondary N) is 1. The molecule has 0 aromatic rings. The number of carbonyl (C=O) groups is 2. The lowest BCUT2D eigenvalue weighted by Crippen LogP contribution is -2.69. The summed E-state index contributed by atoms with van der Waals surface area (Å²) in [4.78, 5) is 22.8. The summed E-state index contributed by atoms with van der Waals surface area (Å²) >= 11 is 0. The summed E-state index contributed by atoms with van der Waals surface area (Å²) in [6.45, 7) is 0.994. The monoisotopic (exact) mass is 454 g/mol. The molecule has 0 radical (unpaired) electrons. The Morgan fingerprint density at radius 2 is 1.68 bits per heavy atom. The van der Waals surface area contributed by atoms with Crippen LogP contribution in [-0.2, 0) is 28.5 Å². The van der Waals surface area contributed by atoms with Gasteiger partial charge in [-0.05, 0) is 6.92 Å². The van der Waals surface area contributed by atoms with Crippen LogP contribution in [0.15, 0.2) is 0 Å². The summed E-state index contributed by atoms with van der Waals surface area (Å²) in [6, 6.07) is -2.60. The number of hydrogen-bond donors (Lipinski definition) is 8. The van der Waals surface area contributed by atoms with Gasteiger partial charge in [0.1, 0.15) is 42.7 Å². The van der Waals surface area contributed by atoms with Crippen molar-refractivity contribution in [3.8, 4) is 0 Å². The van der Waals surface area contributed by atoms with E-state index >= 15 is 0 Å². The van der Waals surface area contributed by atoms with E-state index in [0.29, 0.717) is 0 Å². The number of aliphatic hydroxyl groups excluding tert-OH is 5. The Balaban J connectivity index is 2.34. The van der Waals surface area contributed by atoms with Crippen molar-refractivity contribution in [2.24, 2.45) is 5.73 Å². The number of ether oxygens (including phenoxy) is 4. The van der Waals surface area contributed by atoms with Crippen LogP contribution in [0.5, 0.6) is 0 Å². The Hall–Kier alpha value is -1.46. The molecule has 14 heteroatoms. The van der Waals surface area contributed by atoms with Crippen molar-refractivity contribution >= 4 is 11.9 Å². The van der Waals surface area contributed by atoms with E-state index in [1.54, 1.807) is 0 Å². The van der Waals surface area contributed by atoms with Gasteiger partial charge in [-0.2, -0.15) is 0 Å². The zero-order valence-electron chi connectivity index (χ0n) is 17.0. The van der Waals surface area contributed by atoms with Crippen LogP contribution >= 0.6 is 0 Å². The minimum atomic E-state index is -1.61. The predicted molar refractivity (Wildman–Crippen MR) is 98.1 cm³/mol. The second kappa shape index (κ2) is 10.9. The quantitative estimate of drug-likeness (QED) is 0.172. The molecule has 2 rings (SSSR count). The SMILES string of the molecule is CC(=O)N[C@H]1[C@H](O[C@H]2[C@H](O[C@H](C)C(=O)O)[C@@H](N)C(O)O[C@@H]2CO)O[C@H](CO)[C@@H](O)[C@@H]1O. The van der Waals surface area contributed by atoms with E-state index in [4.69, 9.17) is 29.8 Å². The Labute approximate surface area is 177 Å². The van der Waals surface area contributed by atoms with Gasteiger partial charge >= 0.3 is 5.97 Å². The van der Waals surface area contributed by atoms with Crippen molar-refractivity contribution in [1.29, 1.82) is 0 Å². The van der Waals surface area contributed by atoms with Crippen molar-refractivity contribution in [3.05, 3.63) is 0 Å². The highest BCUT2D eigenvalue weighted by Crippen LogP contribution is 2.30. The van der Waals surface area contributed by atoms with Crippen molar-refractivity contribution in [2.45, 2.75) is 81.2 Å². The number of hydrogen-bond acceptors (Lipinski definition) is 12. The van der Waals surface area contributed by atoms with Gasteiger partial charge in [-0.1, -0.05) is 0 Å². The first kappa shape index (κ1) is 25.8. The first-order valence-electron chi connectivity index (χ1n) is 9.65. The van der Waals surface area contributed by atoms with Gasteiger partial charge in [0.2, 0.25) is 5.91 Å². The molecule has 11 atom stereocenters. The van der Waals surface area contributed by atoms with Crippen LogP contribution in [-0.4, -0.2) is 123 Å². The maximum Gasteiger partial charge on any atom is 0.332 e. The lowest BCUT2D eigenvalue weighted by molar-refractivity contribution is -0.331. The van der Waals surface area contributed by atoms with Crippen LogP contribution in [0.3, 0.4) is 0 Å². The third-order valence-corrected chi connectivity index (χ3v) is 5.14. The molecule has 31 heavy (non-hydrogen) atoms. The van der Waals surface area contributed by atoms with E-state index in [2.05, 4.69) is 5.32 Å². The molecule has 1 unspecified atom stereocenters. The van der Waals surface area contributed by atoms with E-state index in [1.807, 2.05) is 0 Å². The Bertz CT molecular complexity index is 624. The van der Waals surface area contributed by atoms with Gasteiger partial charge in [0.05, 0.1) is 19.3 Å². The van der Waals surface area contributed by atoms with E-state index in [0.717, 1.165) is 6.92 Å². The maximum atomic E-state index is 11.6. The molecular weight excluding hydrogens is 424 g/mol. The highest BCUT2D eigenvalue weighted by atomic mass is 16.7. The van der Waals surface area contributed by atoms with Gasteiger partial charge in [-0.15, -0.1) is 0 Å². The van der Waals surface area contributed by atoms with Crippen LogP contribution < -0.4 is 11.1 Å². The number of rotatable bonds is 8. The van der Waals surface area contributed by atoms with Crippen molar-refractivity contribution in [2.75, 3.05) is 13.2 Å². The molecule has 2 saturated heterocycles. The molecule has 2 heterocycles. The molecule has 0 saturated carbocycles. The van der Waals surface area contributed by atoms with Gasteiger partial charge in [-0.3, -0.25) is 4.79 Å². The molecule has 14 nitrogen and oxygen atoms in total. The van der Waals surface area contributed by atoms with Crippen molar-refractivity contribution in [1.82, 2.24) is 5.32 Å². The van der Waals surface area contributed by atoms with Gasteiger partial charge in [0, 0.05) is 6.92 Å². The first-order chi connectivity index (χ1) is 14.5. The number of carboxylic acids is 1. The molecule has 0 aliphatic carbocycles. The summed E-state index contributed by atoms with van der Waals surface area (Å²) in [7, 11) is 0. The molecule has 180 valence electrons. The summed E-state index contributed by atoms with van der Waals surface area (Å²) in [5.74, 6) is -1.91. The molecule has 0 aromatic heterocycles. The fourth-order valence-electron chi connectivity index (χ4n) is 3.46. The summed E-state index contributed by atoms with van der Waals surface area (Å²) in [6.07, 6.45) is -12.8. The average Bonchev–Trinajstić information content (AvgIpc) is 2.71. The van der Waals surface area contributed by atoms with Gasteiger partial charge in [-0.25, -0.2) is 4.79 Å². The maximum absolute atomic E-state index is 11.6. The zero-order chi connectivity index (χ0) is 23.5. The fraction of sp³-hybridized carbons (Fsp3) is 0.882. The predicted octanol–water partition coefficient (Wildman–Crippen LogP) is -4.79. The van der Waals surface area contributed by atoms with Gasteiger partial charge in [0.15, 0.2) is 18.7 Å². The van der Waals surface area contributed by atoms with E-state index in [1.165, 1.54) is 6.92 Å². The number of amides is 1. The van der Waals surface area contributed by atoms with Crippen molar-refractivity contribution < 1.29 is 59.2 Å². The Kier molecular flexibility index (Phi) is 9.08.